The summed E-state index contributed by atoms with van der Waals surface area (Å²) in [5.74, 6) is -1.22. The van der Waals surface area contributed by atoms with Gasteiger partial charge in [0, 0.05) is 22.9 Å². The zero-order chi connectivity index (χ0) is 17.9. The smallest absolute Gasteiger partial charge is 0.416 e. The molecule has 0 unspecified atom stereocenters. The standard InChI is InChI=1S/C16H13F3N2O3/c1-24-13-7-10(14(20)22)6-12(8-13)21-15(23)9-3-2-4-11(5-9)16(17,18)19/h2-8H,1H3,(H2,20,22)(H,21,23). The lowest BCUT2D eigenvalue weighted by molar-refractivity contribution is -0.137. The minimum absolute atomic E-state index is 0.0914. The second kappa shape index (κ2) is 6.61. The van der Waals surface area contributed by atoms with Crippen LogP contribution in [0.15, 0.2) is 42.5 Å². The lowest BCUT2D eigenvalue weighted by atomic mass is 10.1. The van der Waals surface area contributed by atoms with Gasteiger partial charge in [0.2, 0.25) is 5.91 Å². The lowest BCUT2D eigenvalue weighted by Crippen LogP contribution is -2.15. The number of ether oxygens (including phenoxy) is 1. The Labute approximate surface area is 135 Å². The third kappa shape index (κ3) is 4.03. The van der Waals surface area contributed by atoms with Crippen LogP contribution in [0.3, 0.4) is 0 Å². The van der Waals surface area contributed by atoms with Crippen LogP contribution in [0.1, 0.15) is 26.3 Å². The maximum atomic E-state index is 12.7. The molecule has 8 heteroatoms. The van der Waals surface area contributed by atoms with Crippen molar-refractivity contribution in [2.75, 3.05) is 12.4 Å². The molecule has 0 heterocycles. The number of primary amides is 1. The van der Waals surface area contributed by atoms with E-state index in [-0.39, 0.29) is 22.6 Å². The van der Waals surface area contributed by atoms with E-state index >= 15 is 0 Å². The van der Waals surface area contributed by atoms with Gasteiger partial charge in [-0.3, -0.25) is 9.59 Å². The van der Waals surface area contributed by atoms with Crippen LogP contribution in [0.5, 0.6) is 5.75 Å². The molecule has 2 aromatic carbocycles. The van der Waals surface area contributed by atoms with Gasteiger partial charge in [0.05, 0.1) is 12.7 Å². The van der Waals surface area contributed by atoms with Crippen LogP contribution >= 0.6 is 0 Å². The third-order valence-electron chi connectivity index (χ3n) is 3.14. The Morgan fingerprint density at radius 3 is 2.38 bits per heavy atom. The predicted molar refractivity (Wildman–Crippen MR) is 80.9 cm³/mol. The first-order valence-corrected chi connectivity index (χ1v) is 6.68. The van der Waals surface area contributed by atoms with Crippen molar-refractivity contribution >= 4 is 17.5 Å². The third-order valence-corrected chi connectivity index (χ3v) is 3.14. The van der Waals surface area contributed by atoms with Crippen molar-refractivity contribution in [1.29, 1.82) is 0 Å². The molecule has 0 aliphatic heterocycles. The van der Waals surface area contributed by atoms with Crippen molar-refractivity contribution in [3.05, 3.63) is 59.2 Å². The minimum Gasteiger partial charge on any atom is -0.497 e. The summed E-state index contributed by atoms with van der Waals surface area (Å²) in [6.45, 7) is 0. The molecule has 5 nitrogen and oxygen atoms in total. The Morgan fingerprint density at radius 1 is 1.08 bits per heavy atom. The van der Waals surface area contributed by atoms with Gasteiger partial charge in [-0.2, -0.15) is 13.2 Å². The number of amides is 2. The fourth-order valence-electron chi connectivity index (χ4n) is 1.97. The van der Waals surface area contributed by atoms with Crippen LogP contribution in [0.25, 0.3) is 0 Å². The van der Waals surface area contributed by atoms with Crippen molar-refractivity contribution in [2.45, 2.75) is 6.18 Å². The second-order valence-electron chi connectivity index (χ2n) is 4.85. The van der Waals surface area contributed by atoms with Crippen LogP contribution in [0.4, 0.5) is 18.9 Å². The second-order valence-corrected chi connectivity index (χ2v) is 4.85. The van der Waals surface area contributed by atoms with Gasteiger partial charge in [-0.15, -0.1) is 0 Å². The van der Waals surface area contributed by atoms with E-state index in [1.165, 1.54) is 31.4 Å². The Kier molecular flexibility index (Phi) is 4.77. The maximum Gasteiger partial charge on any atom is 0.416 e. The van der Waals surface area contributed by atoms with Crippen LogP contribution in [-0.2, 0) is 6.18 Å². The van der Waals surface area contributed by atoms with E-state index in [2.05, 4.69) is 5.32 Å². The van der Waals surface area contributed by atoms with Gasteiger partial charge in [-0.1, -0.05) is 6.07 Å². The average Bonchev–Trinajstić information content (AvgIpc) is 2.53. The van der Waals surface area contributed by atoms with Crippen molar-refractivity contribution in [3.8, 4) is 5.75 Å². The number of carbonyl (C=O) groups is 2. The molecule has 24 heavy (non-hydrogen) atoms. The molecule has 0 radical (unpaired) electrons. The molecule has 0 spiro atoms. The molecular weight excluding hydrogens is 325 g/mol. The number of hydrogen-bond acceptors (Lipinski definition) is 3. The fourth-order valence-corrected chi connectivity index (χ4v) is 1.97. The van der Waals surface area contributed by atoms with Gasteiger partial charge in [0.1, 0.15) is 5.75 Å². The van der Waals surface area contributed by atoms with Gasteiger partial charge in [0.25, 0.3) is 5.91 Å². The van der Waals surface area contributed by atoms with E-state index in [9.17, 15) is 22.8 Å². The van der Waals surface area contributed by atoms with Crippen LogP contribution in [-0.4, -0.2) is 18.9 Å². The SMILES string of the molecule is COc1cc(NC(=O)c2cccc(C(F)(F)F)c2)cc(C(N)=O)c1. The van der Waals surface area contributed by atoms with Crippen molar-refractivity contribution in [3.63, 3.8) is 0 Å². The Balaban J connectivity index is 2.30. The maximum absolute atomic E-state index is 12.7. The Bertz CT molecular complexity index is 788. The molecule has 0 bridgehead atoms. The van der Waals surface area contributed by atoms with E-state index in [4.69, 9.17) is 10.5 Å². The zero-order valence-electron chi connectivity index (χ0n) is 12.5. The molecule has 0 aliphatic carbocycles. The summed E-state index contributed by atoms with van der Waals surface area (Å²) in [6, 6.07) is 8.09. The minimum atomic E-state index is -4.55. The summed E-state index contributed by atoms with van der Waals surface area (Å²) in [4.78, 5) is 23.4. The molecule has 0 fully saturated rings. The van der Waals surface area contributed by atoms with Crippen molar-refractivity contribution < 1.29 is 27.5 Å². The van der Waals surface area contributed by atoms with E-state index in [1.54, 1.807) is 0 Å². The number of alkyl halides is 3. The number of nitrogens with two attached hydrogens (primary N) is 1. The topological polar surface area (TPSA) is 81.4 Å². The summed E-state index contributed by atoms with van der Waals surface area (Å²) in [5, 5.41) is 2.41. The first kappa shape index (κ1) is 17.3. The Morgan fingerprint density at radius 2 is 1.79 bits per heavy atom. The molecule has 2 amide bonds. The van der Waals surface area contributed by atoms with Crippen LogP contribution < -0.4 is 15.8 Å². The largest absolute Gasteiger partial charge is 0.497 e. The molecule has 0 atom stereocenters. The summed E-state index contributed by atoms with van der Waals surface area (Å²) in [5.41, 5.74) is 4.34. The molecule has 2 aromatic rings. The molecule has 126 valence electrons. The number of methoxy groups -OCH3 is 1. The van der Waals surface area contributed by atoms with Gasteiger partial charge in [0.15, 0.2) is 0 Å². The highest BCUT2D eigenvalue weighted by Gasteiger charge is 2.30. The zero-order valence-corrected chi connectivity index (χ0v) is 12.5. The number of benzene rings is 2. The van der Waals surface area contributed by atoms with E-state index in [0.717, 1.165) is 18.2 Å². The highest BCUT2D eigenvalue weighted by molar-refractivity contribution is 6.05. The monoisotopic (exact) mass is 338 g/mol. The number of nitrogens with one attached hydrogen (secondary N) is 1. The summed E-state index contributed by atoms with van der Waals surface area (Å²) in [7, 11) is 1.36. The number of anilines is 1. The average molecular weight is 338 g/mol. The van der Waals surface area contributed by atoms with E-state index in [0.29, 0.717) is 0 Å². The molecule has 0 aromatic heterocycles. The van der Waals surface area contributed by atoms with Crippen molar-refractivity contribution in [2.24, 2.45) is 5.73 Å². The van der Waals surface area contributed by atoms with Crippen molar-refractivity contribution in [1.82, 2.24) is 0 Å². The number of halogens is 3. The molecular formula is C16H13F3N2O3. The number of carbonyl (C=O) groups excluding carboxylic acids is 2. The first-order chi connectivity index (χ1) is 11.2. The van der Waals surface area contributed by atoms with E-state index < -0.39 is 23.6 Å². The molecule has 2 rings (SSSR count). The molecule has 3 N–H and O–H groups in total. The molecule has 0 aliphatic rings. The van der Waals surface area contributed by atoms with Gasteiger partial charge in [-0.25, -0.2) is 0 Å². The van der Waals surface area contributed by atoms with Gasteiger partial charge >= 0.3 is 6.18 Å². The first-order valence-electron chi connectivity index (χ1n) is 6.68. The highest BCUT2D eigenvalue weighted by Crippen LogP contribution is 2.30. The van der Waals surface area contributed by atoms with Crippen LogP contribution in [0, 0.1) is 0 Å². The highest BCUT2D eigenvalue weighted by atomic mass is 19.4. The van der Waals surface area contributed by atoms with Crippen LogP contribution in [0.2, 0.25) is 0 Å². The summed E-state index contributed by atoms with van der Waals surface area (Å²) < 4.78 is 43.1. The van der Waals surface area contributed by atoms with Gasteiger partial charge < -0.3 is 15.8 Å². The quantitative estimate of drug-likeness (QED) is 0.899. The van der Waals surface area contributed by atoms with Gasteiger partial charge in [-0.05, 0) is 30.3 Å². The fraction of sp³-hybridized carbons (Fsp3) is 0.125. The van der Waals surface area contributed by atoms with E-state index in [1.807, 2.05) is 0 Å². The lowest BCUT2D eigenvalue weighted by Gasteiger charge is -2.11. The Hall–Kier alpha value is -3.03. The normalized spacial score (nSPS) is 11.0. The molecule has 0 saturated heterocycles. The summed E-state index contributed by atoms with van der Waals surface area (Å²) in [6.07, 6.45) is -4.55. The predicted octanol–water partition coefficient (Wildman–Crippen LogP) is 3.07. The summed E-state index contributed by atoms with van der Waals surface area (Å²) >= 11 is 0. The number of hydrogen-bond donors (Lipinski definition) is 2. The number of rotatable bonds is 4. The molecule has 0 saturated carbocycles.